The normalized spacial score (nSPS) is 27.7. The number of fused-ring (bicyclic) bond motifs is 3. The minimum Gasteiger partial charge on any atom is -0.459 e. The molecule has 0 radical (unpaired) electrons. The molecule has 0 unspecified atom stereocenters. The Kier molecular flexibility index (Phi) is 11.2. The molecule has 1 saturated heterocycles. The van der Waals surface area contributed by atoms with E-state index in [1.165, 1.54) is 4.90 Å². The molecule has 14 nitrogen and oxygen atoms in total. The van der Waals surface area contributed by atoms with Crippen LogP contribution in [0.4, 0.5) is 4.79 Å². The number of imidazole rings is 1. The Morgan fingerprint density at radius 2 is 1.82 bits per heavy atom. The Labute approximate surface area is 356 Å². The van der Waals surface area contributed by atoms with E-state index in [2.05, 4.69) is 15.4 Å². The number of nitrogens with zero attached hydrogens (tertiary/aromatic N) is 4. The number of benzene rings is 1. The standard InChI is InChI=1S/C44H58N6O8S2/c1-26(2)50-33-16-12-14-30(32-25-59-37(45-32)27-17-18-27)36(33)47-40(50)57-29-21-34-35(51)23-44(39(53)48-60(55,56)43(6)19-20-43)22-28(44)13-10-8-7-9-11-15-31(38(52)49(34)24-29)46-41(54)58-42(3,4)5/h10,12-14,16,25-29,31,34H,7-9,11,15,17-24H2,1-6H3,(H,46,54)(H,48,53)/b13-10-/t28-,29+,31-,34-,44+/m0/s1. The Balaban J connectivity index is 1.12. The Morgan fingerprint density at radius 3 is 2.52 bits per heavy atom. The van der Waals surface area contributed by atoms with Crippen LogP contribution in [0.25, 0.3) is 22.3 Å². The number of ketones is 1. The van der Waals surface area contributed by atoms with Gasteiger partial charge in [0, 0.05) is 35.7 Å². The average Bonchev–Trinajstić information content (AvgIpc) is 4.13. The van der Waals surface area contributed by atoms with Gasteiger partial charge in [-0.05, 0) is 105 Å². The van der Waals surface area contributed by atoms with Crippen molar-refractivity contribution in [1.82, 2.24) is 29.5 Å². The minimum atomic E-state index is -3.96. The van der Waals surface area contributed by atoms with Gasteiger partial charge < -0.3 is 19.7 Å². The maximum Gasteiger partial charge on any atom is 0.408 e. The molecule has 324 valence electrons. The van der Waals surface area contributed by atoms with E-state index in [9.17, 15) is 27.6 Å². The Bertz CT molecular complexity index is 2320. The number of ether oxygens (including phenoxy) is 2. The van der Waals surface area contributed by atoms with E-state index in [0.29, 0.717) is 44.0 Å². The highest BCUT2D eigenvalue weighted by molar-refractivity contribution is 7.91. The van der Waals surface area contributed by atoms with Crippen LogP contribution in [0.3, 0.4) is 0 Å². The van der Waals surface area contributed by atoms with Gasteiger partial charge in [0.2, 0.25) is 21.8 Å². The summed E-state index contributed by atoms with van der Waals surface area (Å²) in [6.07, 6.45) is 9.24. The summed E-state index contributed by atoms with van der Waals surface area (Å²) in [6.45, 7) is 11.0. The summed E-state index contributed by atoms with van der Waals surface area (Å²) in [5.41, 5.74) is 1.30. The highest BCUT2D eigenvalue weighted by Gasteiger charge is 2.62. The zero-order valence-electron chi connectivity index (χ0n) is 35.5. The molecule has 2 aliphatic heterocycles. The number of hydrogen-bond acceptors (Lipinski definition) is 11. The Hall–Kier alpha value is -4.31. The van der Waals surface area contributed by atoms with Gasteiger partial charge in [0.05, 0.1) is 39.0 Å². The predicted octanol–water partition coefficient (Wildman–Crippen LogP) is 7.34. The minimum absolute atomic E-state index is 0.0298. The fraction of sp³-hybridized carbons (Fsp3) is 0.636. The van der Waals surface area contributed by atoms with Crippen LogP contribution in [0.1, 0.15) is 136 Å². The second kappa shape index (κ2) is 15.9. The second-order valence-corrected chi connectivity index (χ2v) is 22.2. The van der Waals surface area contributed by atoms with E-state index in [0.717, 1.165) is 59.4 Å². The summed E-state index contributed by atoms with van der Waals surface area (Å²) in [6, 6.07) is 4.31. The van der Waals surface area contributed by atoms with E-state index in [-0.39, 0.29) is 37.1 Å². The molecule has 4 fully saturated rings. The molecule has 5 atom stereocenters. The third kappa shape index (κ3) is 8.59. The van der Waals surface area contributed by atoms with E-state index in [4.69, 9.17) is 19.4 Å². The Morgan fingerprint density at radius 1 is 1.05 bits per heavy atom. The number of sulfonamides is 1. The number of para-hydroxylation sites is 1. The number of amides is 3. The lowest BCUT2D eigenvalue weighted by molar-refractivity contribution is -0.140. The van der Waals surface area contributed by atoms with Crippen molar-refractivity contribution in [3.8, 4) is 17.3 Å². The predicted molar refractivity (Wildman–Crippen MR) is 228 cm³/mol. The van der Waals surface area contributed by atoms with Gasteiger partial charge >= 0.3 is 6.09 Å². The van der Waals surface area contributed by atoms with Crippen LogP contribution in [0.15, 0.2) is 35.7 Å². The van der Waals surface area contributed by atoms with Crippen LogP contribution >= 0.6 is 11.3 Å². The maximum atomic E-state index is 14.7. The van der Waals surface area contributed by atoms with Crippen molar-refractivity contribution in [3.63, 3.8) is 0 Å². The number of allylic oxidation sites excluding steroid dienone is 2. The largest absolute Gasteiger partial charge is 0.459 e. The molecule has 3 amide bonds. The molecule has 60 heavy (non-hydrogen) atoms. The summed E-state index contributed by atoms with van der Waals surface area (Å²) in [4.78, 5) is 68.2. The third-order valence-corrected chi connectivity index (χ3v) is 15.9. The topological polar surface area (TPSA) is 179 Å². The van der Waals surface area contributed by atoms with E-state index in [1.807, 2.05) is 48.8 Å². The van der Waals surface area contributed by atoms with Gasteiger partial charge in [-0.3, -0.25) is 23.7 Å². The lowest BCUT2D eigenvalue weighted by Crippen LogP contribution is -2.53. The second-order valence-electron chi connectivity index (χ2n) is 19.1. The molecule has 2 N–H and O–H groups in total. The van der Waals surface area contributed by atoms with Gasteiger partial charge in [0.15, 0.2) is 5.78 Å². The smallest absolute Gasteiger partial charge is 0.408 e. The number of hydrogen-bond donors (Lipinski definition) is 2. The fourth-order valence-electron chi connectivity index (χ4n) is 8.70. The number of carbonyl (C=O) groups is 4. The molecular weight excluding hydrogens is 805 g/mol. The number of alkyl carbamates (subject to hydrolysis) is 1. The highest BCUT2D eigenvalue weighted by atomic mass is 32.2. The number of rotatable bonds is 9. The molecule has 4 heterocycles. The van der Waals surface area contributed by atoms with Gasteiger partial charge in [-0.25, -0.2) is 18.2 Å². The maximum absolute atomic E-state index is 14.7. The van der Waals surface area contributed by atoms with Gasteiger partial charge in [-0.2, -0.15) is 4.98 Å². The van der Waals surface area contributed by atoms with E-state index in [1.54, 1.807) is 39.0 Å². The van der Waals surface area contributed by atoms with Crippen molar-refractivity contribution in [2.45, 2.75) is 159 Å². The lowest BCUT2D eigenvalue weighted by atomic mass is 9.91. The van der Waals surface area contributed by atoms with Gasteiger partial charge in [-0.15, -0.1) is 11.3 Å². The van der Waals surface area contributed by atoms with Crippen LogP contribution in [0.2, 0.25) is 0 Å². The molecule has 8 rings (SSSR count). The van der Waals surface area contributed by atoms with Crippen LogP contribution in [0, 0.1) is 11.3 Å². The first-order valence-electron chi connectivity index (χ1n) is 21.6. The molecule has 0 bridgehead atoms. The van der Waals surface area contributed by atoms with Gasteiger partial charge in [0.25, 0.3) is 6.01 Å². The number of Topliss-reactive ketones (excluding diaryl/α,β-unsaturated/α-hetero) is 1. The van der Waals surface area contributed by atoms with Crippen LogP contribution in [0.5, 0.6) is 6.01 Å². The van der Waals surface area contributed by atoms with E-state index < -0.39 is 61.9 Å². The molecule has 2 aromatic heterocycles. The first kappa shape index (κ1) is 42.4. The summed E-state index contributed by atoms with van der Waals surface area (Å²) < 4.78 is 42.2. The summed E-state index contributed by atoms with van der Waals surface area (Å²) in [5, 5.41) is 6.02. The zero-order chi connectivity index (χ0) is 42.8. The monoisotopic (exact) mass is 862 g/mol. The summed E-state index contributed by atoms with van der Waals surface area (Å²) in [7, 11) is -3.96. The third-order valence-electron chi connectivity index (χ3n) is 12.7. The lowest BCUT2D eigenvalue weighted by Gasteiger charge is -2.30. The summed E-state index contributed by atoms with van der Waals surface area (Å²) in [5.74, 6) is -1.28. The molecule has 16 heteroatoms. The highest BCUT2D eigenvalue weighted by Crippen LogP contribution is 2.57. The quantitative estimate of drug-likeness (QED) is 0.207. The number of carbonyl (C=O) groups excluding carboxylic acids is 4. The molecule has 3 aromatic rings. The fourth-order valence-corrected chi connectivity index (χ4v) is 11.0. The molecule has 5 aliphatic rings. The van der Waals surface area contributed by atoms with Crippen LogP contribution in [-0.4, -0.2) is 86.6 Å². The van der Waals surface area contributed by atoms with Crippen molar-refractivity contribution in [1.29, 1.82) is 0 Å². The molecule has 0 spiro atoms. The molecule has 1 aromatic carbocycles. The molecule has 3 aliphatic carbocycles. The summed E-state index contributed by atoms with van der Waals surface area (Å²) >= 11 is 1.67. The van der Waals surface area contributed by atoms with Gasteiger partial charge in [-0.1, -0.05) is 37.1 Å². The number of nitrogens with one attached hydrogen (secondary N) is 2. The van der Waals surface area contributed by atoms with Crippen LogP contribution in [-0.2, 0) is 29.1 Å². The van der Waals surface area contributed by atoms with E-state index >= 15 is 0 Å². The van der Waals surface area contributed by atoms with Crippen molar-refractivity contribution in [2.75, 3.05) is 6.54 Å². The molecule has 3 saturated carbocycles. The molecular formula is C44H58N6O8S2. The zero-order valence-corrected chi connectivity index (χ0v) is 37.1. The van der Waals surface area contributed by atoms with Crippen molar-refractivity contribution >= 4 is 56.1 Å². The average molecular weight is 863 g/mol. The number of aromatic nitrogens is 3. The van der Waals surface area contributed by atoms with Crippen molar-refractivity contribution < 1.29 is 37.1 Å². The SMILES string of the molecule is CC(C)n1c(O[C@@H]2C[C@H]3C(=O)C[C@]4(C(=O)NS(=O)(=O)C5(C)CC5)C[C@@H]4/C=C\CCCCC[C@H](NC(=O)OC(C)(C)C)C(=O)N3C2)nc2c(-c3csc(C4CC4)n3)cccc21. The first-order valence-corrected chi connectivity index (χ1v) is 23.9. The van der Waals surface area contributed by atoms with Gasteiger partial charge in [0.1, 0.15) is 23.3 Å². The van der Waals surface area contributed by atoms with Crippen LogP contribution < -0.4 is 14.8 Å². The first-order chi connectivity index (χ1) is 28.4. The number of thiazole rings is 1. The van der Waals surface area contributed by atoms with Crippen molar-refractivity contribution in [3.05, 3.63) is 40.7 Å². The van der Waals surface area contributed by atoms with Crippen molar-refractivity contribution in [2.24, 2.45) is 11.3 Å².